The van der Waals surface area contributed by atoms with Gasteiger partial charge >= 0.3 is 0 Å². The topological polar surface area (TPSA) is 92.5 Å². The fourth-order valence-corrected chi connectivity index (χ4v) is 3.30. The molecule has 1 fully saturated rings. The van der Waals surface area contributed by atoms with Crippen LogP contribution in [-0.4, -0.2) is 30.3 Å². The average molecular weight is 329 g/mol. The van der Waals surface area contributed by atoms with E-state index in [-0.39, 0.29) is 24.3 Å². The highest BCUT2D eigenvalue weighted by Crippen LogP contribution is 2.34. The molecule has 3 amide bonds. The van der Waals surface area contributed by atoms with Crippen LogP contribution in [0.5, 0.6) is 0 Å². The lowest BCUT2D eigenvalue weighted by atomic mass is 10.1. The molecule has 1 aliphatic carbocycles. The van der Waals surface area contributed by atoms with E-state index in [0.717, 1.165) is 30.5 Å². The van der Waals surface area contributed by atoms with Crippen molar-refractivity contribution in [1.29, 1.82) is 0 Å². The third kappa shape index (κ3) is 3.42. The molecule has 6 nitrogen and oxygen atoms in total. The molecule has 1 aliphatic heterocycles. The molecule has 1 saturated carbocycles. The van der Waals surface area contributed by atoms with Gasteiger partial charge < -0.3 is 16.0 Å². The van der Waals surface area contributed by atoms with Crippen molar-refractivity contribution in [2.24, 2.45) is 11.7 Å². The van der Waals surface area contributed by atoms with Crippen LogP contribution in [0.25, 0.3) is 0 Å². The van der Waals surface area contributed by atoms with Crippen LogP contribution in [0.2, 0.25) is 0 Å². The van der Waals surface area contributed by atoms with Gasteiger partial charge in [0.1, 0.15) is 0 Å². The summed E-state index contributed by atoms with van der Waals surface area (Å²) in [4.78, 5) is 37.4. The number of rotatable bonds is 6. The molecule has 1 aromatic rings. The number of nitrogens with one attached hydrogen (secondary N) is 1. The molecule has 1 atom stereocenters. The van der Waals surface area contributed by atoms with Gasteiger partial charge in [0.2, 0.25) is 11.8 Å². The van der Waals surface area contributed by atoms with E-state index < -0.39 is 5.91 Å². The summed E-state index contributed by atoms with van der Waals surface area (Å²) in [6.45, 7) is 2.51. The van der Waals surface area contributed by atoms with Crippen LogP contribution in [0.1, 0.15) is 48.5 Å². The minimum atomic E-state index is -0.394. The van der Waals surface area contributed by atoms with Crippen LogP contribution in [0.4, 0.5) is 5.69 Å². The van der Waals surface area contributed by atoms with E-state index in [4.69, 9.17) is 5.73 Å². The normalized spacial score (nSPS) is 17.3. The minimum absolute atomic E-state index is 0.0983. The number of carbonyl (C=O) groups is 3. The summed E-state index contributed by atoms with van der Waals surface area (Å²) >= 11 is 0. The van der Waals surface area contributed by atoms with Crippen LogP contribution in [0, 0.1) is 5.92 Å². The Morgan fingerprint density at radius 2 is 2.08 bits per heavy atom. The maximum atomic E-state index is 12.5. The number of nitrogens with two attached hydrogens (primary N) is 1. The standard InChI is InChI=1S/C18H23N3O3/c1-2-17(23)21-8-7-12-9-13(5-6-15(12)21)18(24)20-14(10-16(19)22)11-3-4-11/h5-6,9,11,14H,2-4,7-8,10H2,1H3,(H2,19,22)(H,20,24). The second kappa shape index (κ2) is 6.63. The Morgan fingerprint density at radius 3 is 2.71 bits per heavy atom. The van der Waals surface area contributed by atoms with Gasteiger partial charge in [-0.3, -0.25) is 14.4 Å². The number of amides is 3. The zero-order valence-corrected chi connectivity index (χ0v) is 13.9. The van der Waals surface area contributed by atoms with Gasteiger partial charge in [-0.25, -0.2) is 0 Å². The third-order valence-electron chi connectivity index (χ3n) is 4.77. The molecule has 0 radical (unpaired) electrons. The Labute approximate surface area is 141 Å². The third-order valence-corrected chi connectivity index (χ3v) is 4.77. The van der Waals surface area contributed by atoms with Crippen molar-refractivity contribution >= 4 is 23.4 Å². The van der Waals surface area contributed by atoms with Crippen molar-refractivity contribution in [1.82, 2.24) is 5.32 Å². The first-order chi connectivity index (χ1) is 11.5. The van der Waals surface area contributed by atoms with Gasteiger partial charge in [-0.2, -0.15) is 0 Å². The van der Waals surface area contributed by atoms with Crippen LogP contribution in [0.3, 0.4) is 0 Å². The van der Waals surface area contributed by atoms with Crippen molar-refractivity contribution in [3.05, 3.63) is 29.3 Å². The maximum Gasteiger partial charge on any atom is 0.251 e. The zero-order valence-electron chi connectivity index (χ0n) is 13.9. The molecular weight excluding hydrogens is 306 g/mol. The highest BCUT2D eigenvalue weighted by Gasteiger charge is 2.33. The Morgan fingerprint density at radius 1 is 1.33 bits per heavy atom. The molecule has 0 aromatic heterocycles. The van der Waals surface area contributed by atoms with E-state index >= 15 is 0 Å². The first-order valence-electron chi connectivity index (χ1n) is 8.52. The number of benzene rings is 1. The number of hydrogen-bond donors (Lipinski definition) is 2. The highest BCUT2D eigenvalue weighted by molar-refractivity contribution is 5.98. The summed E-state index contributed by atoms with van der Waals surface area (Å²) in [6.07, 6.45) is 3.46. The number of hydrogen-bond acceptors (Lipinski definition) is 3. The zero-order chi connectivity index (χ0) is 17.3. The van der Waals surface area contributed by atoms with Gasteiger partial charge in [-0.05, 0) is 48.9 Å². The summed E-state index contributed by atoms with van der Waals surface area (Å²) in [7, 11) is 0. The molecule has 24 heavy (non-hydrogen) atoms. The Kier molecular flexibility index (Phi) is 4.55. The first kappa shape index (κ1) is 16.5. The van der Waals surface area contributed by atoms with Crippen LogP contribution in [-0.2, 0) is 16.0 Å². The van der Waals surface area contributed by atoms with Crippen molar-refractivity contribution in [2.45, 2.75) is 45.1 Å². The van der Waals surface area contributed by atoms with Gasteiger partial charge in [0.05, 0.1) is 0 Å². The van der Waals surface area contributed by atoms with E-state index in [1.807, 2.05) is 19.1 Å². The molecule has 3 rings (SSSR count). The van der Waals surface area contributed by atoms with Crippen molar-refractivity contribution in [2.75, 3.05) is 11.4 Å². The maximum absolute atomic E-state index is 12.5. The van der Waals surface area contributed by atoms with Gasteiger partial charge in [0.15, 0.2) is 0 Å². The second-order valence-electron chi connectivity index (χ2n) is 6.58. The van der Waals surface area contributed by atoms with Crippen molar-refractivity contribution in [3.8, 4) is 0 Å². The van der Waals surface area contributed by atoms with Gasteiger partial charge in [-0.15, -0.1) is 0 Å². The number of fused-ring (bicyclic) bond motifs is 1. The smallest absolute Gasteiger partial charge is 0.251 e. The lowest BCUT2D eigenvalue weighted by Crippen LogP contribution is -2.39. The van der Waals surface area contributed by atoms with Gasteiger partial charge in [0, 0.05) is 36.7 Å². The summed E-state index contributed by atoms with van der Waals surface area (Å²) < 4.78 is 0. The largest absolute Gasteiger partial charge is 0.370 e. The fourth-order valence-electron chi connectivity index (χ4n) is 3.30. The molecule has 1 heterocycles. The fraction of sp³-hybridized carbons (Fsp3) is 0.500. The number of primary amides is 1. The van der Waals surface area contributed by atoms with E-state index in [1.54, 1.807) is 11.0 Å². The van der Waals surface area contributed by atoms with Crippen LogP contribution >= 0.6 is 0 Å². The number of nitrogens with zero attached hydrogens (tertiary/aromatic N) is 1. The molecule has 1 aromatic carbocycles. The molecule has 1 unspecified atom stereocenters. The van der Waals surface area contributed by atoms with Crippen LogP contribution in [0.15, 0.2) is 18.2 Å². The lowest BCUT2D eigenvalue weighted by molar-refractivity contribution is -0.119. The van der Waals surface area contributed by atoms with Gasteiger partial charge in [-0.1, -0.05) is 6.92 Å². The monoisotopic (exact) mass is 329 g/mol. The van der Waals surface area contributed by atoms with E-state index in [0.29, 0.717) is 24.4 Å². The van der Waals surface area contributed by atoms with Gasteiger partial charge in [0.25, 0.3) is 5.91 Å². The summed E-state index contributed by atoms with van der Waals surface area (Å²) in [5, 5.41) is 2.94. The first-order valence-corrected chi connectivity index (χ1v) is 8.52. The minimum Gasteiger partial charge on any atom is -0.370 e. The number of anilines is 1. The summed E-state index contributed by atoms with van der Waals surface area (Å²) in [5.41, 5.74) is 7.75. The molecule has 0 spiro atoms. The van der Waals surface area contributed by atoms with E-state index in [9.17, 15) is 14.4 Å². The highest BCUT2D eigenvalue weighted by atomic mass is 16.2. The summed E-state index contributed by atoms with van der Waals surface area (Å²) in [5.74, 6) is -0.124. The molecule has 128 valence electrons. The molecule has 0 bridgehead atoms. The van der Waals surface area contributed by atoms with E-state index in [1.165, 1.54) is 0 Å². The average Bonchev–Trinajstić information content (AvgIpc) is 3.32. The summed E-state index contributed by atoms with van der Waals surface area (Å²) in [6, 6.07) is 5.25. The predicted molar refractivity (Wildman–Crippen MR) is 90.6 cm³/mol. The molecule has 2 aliphatic rings. The quantitative estimate of drug-likeness (QED) is 0.825. The van der Waals surface area contributed by atoms with Crippen molar-refractivity contribution < 1.29 is 14.4 Å². The number of carbonyl (C=O) groups excluding carboxylic acids is 3. The molecule has 0 saturated heterocycles. The molecule has 6 heteroatoms. The Bertz CT molecular complexity index is 682. The predicted octanol–water partition coefficient (Wildman–Crippen LogP) is 1.37. The van der Waals surface area contributed by atoms with Crippen molar-refractivity contribution in [3.63, 3.8) is 0 Å². The Hall–Kier alpha value is -2.37. The SMILES string of the molecule is CCC(=O)N1CCc2cc(C(=O)NC(CC(N)=O)C3CC3)ccc21. The molecule has 3 N–H and O–H groups in total. The lowest BCUT2D eigenvalue weighted by Gasteiger charge is -2.18. The Balaban J connectivity index is 1.72. The van der Waals surface area contributed by atoms with Crippen LogP contribution < -0.4 is 16.0 Å². The van der Waals surface area contributed by atoms with E-state index in [2.05, 4.69) is 5.32 Å². The second-order valence-corrected chi connectivity index (χ2v) is 6.58. The molecular formula is C18H23N3O3.